The number of fused-ring (bicyclic) bond motifs is 1. The number of aromatic nitrogens is 1. The monoisotopic (exact) mass is 366 g/mol. The van der Waals surface area contributed by atoms with Crippen molar-refractivity contribution in [1.29, 1.82) is 0 Å². The second-order valence-corrected chi connectivity index (χ2v) is 7.55. The Morgan fingerprint density at radius 2 is 1.92 bits per heavy atom. The molecule has 0 saturated carbocycles. The van der Waals surface area contributed by atoms with Crippen molar-refractivity contribution >= 4 is 22.5 Å². The fraction of sp³-hybridized carbons (Fsp3) is 0.318. The molecule has 26 heavy (non-hydrogen) atoms. The summed E-state index contributed by atoms with van der Waals surface area (Å²) < 4.78 is 0. The van der Waals surface area contributed by atoms with Crippen molar-refractivity contribution < 1.29 is 5.11 Å². The fourth-order valence-corrected chi connectivity index (χ4v) is 4.10. The standard InChI is InChI=1S/C22H23ClN2O/c1-25-12-6-5-9-21(25)22(26)18-14-20(15-7-3-2-4-8-15)24-19-11-10-16(23)13-17(18)19/h2-4,7-8,10-11,13-14,21-22,26H,5-6,9,12H2,1H3. The highest BCUT2D eigenvalue weighted by molar-refractivity contribution is 6.31. The topological polar surface area (TPSA) is 36.4 Å². The van der Waals surface area contributed by atoms with Crippen LogP contribution in [0.15, 0.2) is 54.6 Å². The highest BCUT2D eigenvalue weighted by Gasteiger charge is 2.29. The van der Waals surface area contributed by atoms with Crippen LogP contribution in [0.2, 0.25) is 5.02 Å². The predicted molar refractivity (Wildman–Crippen MR) is 107 cm³/mol. The molecule has 1 aromatic heterocycles. The number of pyridine rings is 1. The smallest absolute Gasteiger partial charge is 0.0952 e. The van der Waals surface area contributed by atoms with E-state index in [0.717, 1.165) is 47.1 Å². The molecule has 1 N–H and O–H groups in total. The van der Waals surface area contributed by atoms with Crippen molar-refractivity contribution in [3.05, 3.63) is 65.2 Å². The summed E-state index contributed by atoms with van der Waals surface area (Å²) >= 11 is 6.25. The van der Waals surface area contributed by atoms with Crippen molar-refractivity contribution in [2.24, 2.45) is 0 Å². The lowest BCUT2D eigenvalue weighted by molar-refractivity contribution is 0.0412. The zero-order chi connectivity index (χ0) is 18.1. The molecule has 0 aliphatic carbocycles. The first-order valence-corrected chi connectivity index (χ1v) is 9.55. The lowest BCUT2D eigenvalue weighted by Gasteiger charge is -2.36. The molecule has 0 amide bonds. The van der Waals surface area contributed by atoms with Gasteiger partial charge in [-0.15, -0.1) is 0 Å². The summed E-state index contributed by atoms with van der Waals surface area (Å²) in [5, 5.41) is 12.9. The molecule has 0 spiro atoms. The minimum absolute atomic E-state index is 0.122. The number of likely N-dealkylation sites (N-methyl/N-ethyl adjacent to an activating group) is 1. The zero-order valence-electron chi connectivity index (χ0n) is 14.9. The molecule has 134 valence electrons. The van der Waals surface area contributed by atoms with Crippen LogP contribution in [0.5, 0.6) is 0 Å². The summed E-state index contributed by atoms with van der Waals surface area (Å²) in [5.74, 6) is 0. The van der Waals surface area contributed by atoms with Crippen molar-refractivity contribution in [3.63, 3.8) is 0 Å². The van der Waals surface area contributed by atoms with Crippen molar-refractivity contribution in [2.75, 3.05) is 13.6 Å². The van der Waals surface area contributed by atoms with Gasteiger partial charge in [-0.05, 0) is 56.3 Å². The summed E-state index contributed by atoms with van der Waals surface area (Å²) in [6.45, 7) is 1.02. The van der Waals surface area contributed by atoms with Crippen LogP contribution in [0.3, 0.4) is 0 Å². The van der Waals surface area contributed by atoms with E-state index in [-0.39, 0.29) is 6.04 Å². The van der Waals surface area contributed by atoms with E-state index in [4.69, 9.17) is 16.6 Å². The third-order valence-corrected chi connectivity index (χ3v) is 5.62. The number of halogens is 1. The number of aliphatic hydroxyl groups excluding tert-OH is 1. The average Bonchev–Trinajstić information content (AvgIpc) is 2.68. The number of likely N-dealkylation sites (tertiary alicyclic amines) is 1. The molecule has 4 heteroatoms. The summed E-state index contributed by atoms with van der Waals surface area (Å²) in [5.41, 5.74) is 3.71. The highest BCUT2D eigenvalue weighted by atomic mass is 35.5. The summed E-state index contributed by atoms with van der Waals surface area (Å²) in [6, 6.07) is 18.0. The Hall–Kier alpha value is -1.94. The average molecular weight is 367 g/mol. The van der Waals surface area contributed by atoms with Gasteiger partial charge in [0, 0.05) is 22.0 Å². The Morgan fingerprint density at radius 1 is 1.12 bits per heavy atom. The third-order valence-electron chi connectivity index (χ3n) is 5.38. The Morgan fingerprint density at radius 3 is 2.69 bits per heavy atom. The second kappa shape index (κ2) is 7.36. The van der Waals surface area contributed by atoms with Crippen LogP contribution in [-0.4, -0.2) is 34.6 Å². The molecule has 1 aliphatic rings. The van der Waals surface area contributed by atoms with Gasteiger partial charge in [0.2, 0.25) is 0 Å². The van der Waals surface area contributed by atoms with Gasteiger partial charge in [0.05, 0.1) is 17.3 Å². The van der Waals surface area contributed by atoms with Crippen molar-refractivity contribution in [1.82, 2.24) is 9.88 Å². The fourth-order valence-electron chi connectivity index (χ4n) is 3.93. The van der Waals surface area contributed by atoms with Gasteiger partial charge in [-0.25, -0.2) is 4.98 Å². The molecule has 2 aromatic carbocycles. The minimum atomic E-state index is -0.563. The maximum atomic E-state index is 11.3. The highest BCUT2D eigenvalue weighted by Crippen LogP contribution is 2.35. The number of aliphatic hydroxyl groups is 1. The molecule has 2 atom stereocenters. The number of benzene rings is 2. The van der Waals surface area contributed by atoms with E-state index in [1.807, 2.05) is 54.6 Å². The first kappa shape index (κ1) is 17.5. The Kier molecular flexibility index (Phi) is 4.94. The SMILES string of the molecule is CN1CCCCC1C(O)c1cc(-c2ccccc2)nc2ccc(Cl)cc12. The lowest BCUT2D eigenvalue weighted by Crippen LogP contribution is -2.40. The lowest BCUT2D eigenvalue weighted by atomic mass is 9.91. The van der Waals surface area contributed by atoms with Gasteiger partial charge in [0.15, 0.2) is 0 Å². The third kappa shape index (κ3) is 3.35. The van der Waals surface area contributed by atoms with Crippen molar-refractivity contribution in [2.45, 2.75) is 31.4 Å². The van der Waals surface area contributed by atoms with E-state index >= 15 is 0 Å². The van der Waals surface area contributed by atoms with Gasteiger partial charge in [-0.3, -0.25) is 0 Å². The Balaban J connectivity index is 1.86. The van der Waals surface area contributed by atoms with Gasteiger partial charge < -0.3 is 10.0 Å². The molecule has 1 fully saturated rings. The summed E-state index contributed by atoms with van der Waals surface area (Å²) in [7, 11) is 2.10. The molecule has 0 bridgehead atoms. The molecule has 1 aliphatic heterocycles. The van der Waals surface area contributed by atoms with E-state index in [9.17, 15) is 5.11 Å². The van der Waals surface area contributed by atoms with Gasteiger partial charge in [-0.2, -0.15) is 0 Å². The summed E-state index contributed by atoms with van der Waals surface area (Å²) in [6.07, 6.45) is 2.79. The molecule has 2 heterocycles. The number of hydrogen-bond donors (Lipinski definition) is 1. The van der Waals surface area contributed by atoms with Crippen LogP contribution in [0.4, 0.5) is 0 Å². The predicted octanol–water partition coefficient (Wildman–Crippen LogP) is 5.07. The molecule has 3 aromatic rings. The largest absolute Gasteiger partial charge is 0.387 e. The summed E-state index contributed by atoms with van der Waals surface area (Å²) in [4.78, 5) is 7.08. The molecular formula is C22H23ClN2O. The number of hydrogen-bond acceptors (Lipinski definition) is 3. The van der Waals surface area contributed by atoms with Crippen LogP contribution in [-0.2, 0) is 0 Å². The van der Waals surface area contributed by atoms with Gasteiger partial charge in [0.1, 0.15) is 0 Å². The first-order chi connectivity index (χ1) is 12.6. The molecule has 2 unspecified atom stereocenters. The van der Waals surface area contributed by atoms with E-state index in [1.165, 1.54) is 6.42 Å². The van der Waals surface area contributed by atoms with E-state index in [0.29, 0.717) is 5.02 Å². The van der Waals surface area contributed by atoms with Crippen LogP contribution < -0.4 is 0 Å². The number of nitrogens with zero attached hydrogens (tertiary/aromatic N) is 2. The quantitative estimate of drug-likeness (QED) is 0.702. The molecule has 0 radical (unpaired) electrons. The Bertz CT molecular complexity index is 913. The first-order valence-electron chi connectivity index (χ1n) is 9.17. The van der Waals surface area contributed by atoms with Gasteiger partial charge in [-0.1, -0.05) is 48.4 Å². The maximum Gasteiger partial charge on any atom is 0.0952 e. The Labute approximate surface area is 159 Å². The van der Waals surface area contributed by atoms with Crippen molar-refractivity contribution in [3.8, 4) is 11.3 Å². The number of rotatable bonds is 3. The van der Waals surface area contributed by atoms with Crippen LogP contribution in [0, 0.1) is 0 Å². The minimum Gasteiger partial charge on any atom is -0.387 e. The molecular weight excluding hydrogens is 344 g/mol. The van der Waals surface area contributed by atoms with Crippen LogP contribution in [0.25, 0.3) is 22.2 Å². The van der Waals surface area contributed by atoms with E-state index < -0.39 is 6.10 Å². The maximum absolute atomic E-state index is 11.3. The second-order valence-electron chi connectivity index (χ2n) is 7.11. The van der Waals surface area contributed by atoms with E-state index in [2.05, 4.69) is 11.9 Å². The van der Waals surface area contributed by atoms with Crippen LogP contribution in [0.1, 0.15) is 30.9 Å². The van der Waals surface area contributed by atoms with Gasteiger partial charge >= 0.3 is 0 Å². The van der Waals surface area contributed by atoms with Gasteiger partial charge in [0.25, 0.3) is 0 Å². The van der Waals surface area contributed by atoms with Crippen LogP contribution >= 0.6 is 11.6 Å². The zero-order valence-corrected chi connectivity index (χ0v) is 15.7. The molecule has 1 saturated heterocycles. The molecule has 4 rings (SSSR count). The van der Waals surface area contributed by atoms with E-state index in [1.54, 1.807) is 0 Å². The number of piperidine rings is 1. The molecule has 3 nitrogen and oxygen atoms in total. The normalized spacial score (nSPS) is 19.6.